The average molecular weight is 253 g/mol. The number of phenolic OH excluding ortho intramolecular Hbond substituents is 2. The van der Waals surface area contributed by atoms with Crippen LogP contribution in [-0.4, -0.2) is 16.1 Å². The van der Waals surface area contributed by atoms with Crippen LogP contribution in [0.3, 0.4) is 0 Å². The molecule has 4 heteroatoms. The first-order chi connectivity index (χ1) is 9.15. The molecule has 0 radical (unpaired) electrons. The Morgan fingerprint density at radius 1 is 1.05 bits per heavy atom. The number of amides is 1. The zero-order chi connectivity index (χ0) is 13.4. The maximum absolute atomic E-state index is 11.9. The fourth-order valence-corrected chi connectivity index (χ4v) is 2.09. The molecule has 1 aliphatic rings. The normalized spacial score (nSPS) is 15.4. The summed E-state index contributed by atoms with van der Waals surface area (Å²) in [5, 5.41) is 21.8. The molecule has 3 rings (SSSR count). The van der Waals surface area contributed by atoms with E-state index in [4.69, 9.17) is 0 Å². The highest BCUT2D eigenvalue weighted by atomic mass is 16.3. The number of nitrogens with one attached hydrogen (secondary N) is 1. The van der Waals surface area contributed by atoms with Gasteiger partial charge in [-0.2, -0.15) is 0 Å². The van der Waals surface area contributed by atoms with Crippen molar-refractivity contribution >= 4 is 23.2 Å². The summed E-state index contributed by atoms with van der Waals surface area (Å²) in [5.74, 6) is -0.283. The van der Waals surface area contributed by atoms with Crippen molar-refractivity contribution in [3.8, 4) is 11.5 Å². The van der Waals surface area contributed by atoms with Gasteiger partial charge in [-0.1, -0.05) is 18.2 Å². The Morgan fingerprint density at radius 3 is 2.63 bits per heavy atom. The van der Waals surface area contributed by atoms with Gasteiger partial charge < -0.3 is 15.5 Å². The highest BCUT2D eigenvalue weighted by Gasteiger charge is 2.23. The number of hydrogen-bond acceptors (Lipinski definition) is 3. The van der Waals surface area contributed by atoms with Crippen LogP contribution in [0.15, 0.2) is 42.5 Å². The molecule has 0 fully saturated rings. The number of para-hydroxylation sites is 1. The highest BCUT2D eigenvalue weighted by molar-refractivity contribution is 6.35. The Bertz CT molecular complexity index is 704. The van der Waals surface area contributed by atoms with Gasteiger partial charge in [0.25, 0.3) is 5.91 Å². The summed E-state index contributed by atoms with van der Waals surface area (Å²) in [4.78, 5) is 11.9. The molecule has 0 saturated heterocycles. The van der Waals surface area contributed by atoms with Crippen molar-refractivity contribution in [2.24, 2.45) is 0 Å². The van der Waals surface area contributed by atoms with Crippen molar-refractivity contribution in [1.29, 1.82) is 0 Å². The van der Waals surface area contributed by atoms with Crippen LogP contribution in [0.5, 0.6) is 11.5 Å². The second-order valence-corrected chi connectivity index (χ2v) is 4.30. The van der Waals surface area contributed by atoms with Crippen LogP contribution in [0.25, 0.3) is 11.6 Å². The molecular formula is C15H11NO3. The molecule has 0 saturated carbocycles. The molecule has 1 aliphatic heterocycles. The third kappa shape index (κ3) is 1.93. The predicted molar refractivity (Wildman–Crippen MR) is 72.7 cm³/mol. The van der Waals surface area contributed by atoms with Crippen molar-refractivity contribution < 1.29 is 15.0 Å². The zero-order valence-corrected chi connectivity index (χ0v) is 9.92. The number of phenols is 2. The molecule has 0 bridgehead atoms. The van der Waals surface area contributed by atoms with E-state index in [1.807, 2.05) is 24.3 Å². The summed E-state index contributed by atoms with van der Waals surface area (Å²) in [5.41, 5.74) is 2.55. The van der Waals surface area contributed by atoms with Gasteiger partial charge in [0.05, 0.1) is 0 Å². The second kappa shape index (κ2) is 4.17. The van der Waals surface area contributed by atoms with Crippen molar-refractivity contribution in [2.45, 2.75) is 0 Å². The van der Waals surface area contributed by atoms with Gasteiger partial charge in [-0.15, -0.1) is 0 Å². The number of aromatic hydroxyl groups is 2. The van der Waals surface area contributed by atoms with Crippen molar-refractivity contribution in [1.82, 2.24) is 0 Å². The van der Waals surface area contributed by atoms with E-state index < -0.39 is 0 Å². The molecule has 4 nitrogen and oxygen atoms in total. The average Bonchev–Trinajstić information content (AvgIpc) is 2.69. The van der Waals surface area contributed by atoms with Crippen LogP contribution in [-0.2, 0) is 4.79 Å². The van der Waals surface area contributed by atoms with Gasteiger partial charge >= 0.3 is 0 Å². The summed E-state index contributed by atoms with van der Waals surface area (Å²) in [6.45, 7) is 0. The van der Waals surface area contributed by atoms with Crippen LogP contribution in [0.2, 0.25) is 0 Å². The molecule has 1 amide bonds. The summed E-state index contributed by atoms with van der Waals surface area (Å²) in [6.07, 6.45) is 1.61. The van der Waals surface area contributed by atoms with Gasteiger partial charge in [0, 0.05) is 28.5 Å². The van der Waals surface area contributed by atoms with E-state index in [2.05, 4.69) is 5.32 Å². The molecule has 0 unspecified atom stereocenters. The minimum Gasteiger partial charge on any atom is -0.508 e. The minimum atomic E-state index is -0.200. The standard InChI is InChI=1S/C15H11NO3/c17-10-6-5-9(14(18)8-10)7-12-11-3-1-2-4-13(11)16-15(12)19/h1-8,17-18H,(H,16,19)/b12-7-. The van der Waals surface area contributed by atoms with Crippen LogP contribution in [0, 0.1) is 0 Å². The van der Waals surface area contributed by atoms with E-state index >= 15 is 0 Å². The van der Waals surface area contributed by atoms with Gasteiger partial charge in [-0.3, -0.25) is 4.79 Å². The quantitative estimate of drug-likeness (QED) is 0.684. The summed E-state index contributed by atoms with van der Waals surface area (Å²) in [6, 6.07) is 11.6. The van der Waals surface area contributed by atoms with Crippen molar-refractivity contribution in [3.63, 3.8) is 0 Å². The van der Waals surface area contributed by atoms with Crippen LogP contribution in [0.4, 0.5) is 5.69 Å². The third-order valence-electron chi connectivity index (χ3n) is 3.02. The van der Waals surface area contributed by atoms with Crippen LogP contribution < -0.4 is 5.32 Å². The van der Waals surface area contributed by atoms with Gasteiger partial charge in [0.2, 0.25) is 0 Å². The van der Waals surface area contributed by atoms with E-state index in [0.717, 1.165) is 11.3 Å². The van der Waals surface area contributed by atoms with Crippen LogP contribution in [0.1, 0.15) is 11.1 Å². The molecule has 0 spiro atoms. The Hall–Kier alpha value is -2.75. The third-order valence-corrected chi connectivity index (χ3v) is 3.02. The lowest BCUT2D eigenvalue weighted by molar-refractivity contribution is -0.110. The monoisotopic (exact) mass is 253 g/mol. The number of hydrogen-bond donors (Lipinski definition) is 3. The molecule has 19 heavy (non-hydrogen) atoms. The lowest BCUT2D eigenvalue weighted by Crippen LogP contribution is -2.03. The molecule has 0 aromatic heterocycles. The van der Waals surface area contributed by atoms with Crippen molar-refractivity contribution in [3.05, 3.63) is 53.6 Å². The predicted octanol–water partition coefficient (Wildman–Crippen LogP) is 2.59. The molecule has 2 aromatic carbocycles. The topological polar surface area (TPSA) is 69.6 Å². The SMILES string of the molecule is O=C1Nc2ccccc2/C1=C/c1ccc(O)cc1O. The Kier molecular flexibility index (Phi) is 2.49. The fraction of sp³-hybridized carbons (Fsp3) is 0. The smallest absolute Gasteiger partial charge is 0.256 e. The Morgan fingerprint density at radius 2 is 1.84 bits per heavy atom. The fourth-order valence-electron chi connectivity index (χ4n) is 2.09. The van der Waals surface area contributed by atoms with Crippen molar-refractivity contribution in [2.75, 3.05) is 5.32 Å². The molecule has 2 aromatic rings. The zero-order valence-electron chi connectivity index (χ0n) is 9.92. The molecule has 0 atom stereocenters. The largest absolute Gasteiger partial charge is 0.508 e. The Labute approximate surface area is 109 Å². The summed E-state index contributed by atoms with van der Waals surface area (Å²) < 4.78 is 0. The summed E-state index contributed by atoms with van der Waals surface area (Å²) >= 11 is 0. The van der Waals surface area contributed by atoms with E-state index in [1.165, 1.54) is 12.1 Å². The van der Waals surface area contributed by atoms with E-state index in [0.29, 0.717) is 11.1 Å². The first-order valence-corrected chi connectivity index (χ1v) is 5.79. The maximum atomic E-state index is 11.9. The first kappa shape index (κ1) is 11.3. The lowest BCUT2D eigenvalue weighted by atomic mass is 10.0. The molecular weight excluding hydrogens is 242 g/mol. The number of rotatable bonds is 1. The number of benzene rings is 2. The molecule has 0 aliphatic carbocycles. The number of anilines is 1. The number of carbonyl (C=O) groups excluding carboxylic acids is 1. The number of carbonyl (C=O) groups is 1. The summed E-state index contributed by atoms with van der Waals surface area (Å²) in [7, 11) is 0. The van der Waals surface area contributed by atoms with Gasteiger partial charge in [-0.25, -0.2) is 0 Å². The molecule has 94 valence electrons. The van der Waals surface area contributed by atoms with Gasteiger partial charge in [-0.05, 0) is 24.3 Å². The molecule has 1 heterocycles. The lowest BCUT2D eigenvalue weighted by Gasteiger charge is -2.02. The van der Waals surface area contributed by atoms with Gasteiger partial charge in [0.15, 0.2) is 0 Å². The van der Waals surface area contributed by atoms with E-state index in [9.17, 15) is 15.0 Å². The highest BCUT2D eigenvalue weighted by Crippen LogP contribution is 2.34. The van der Waals surface area contributed by atoms with Crippen LogP contribution >= 0.6 is 0 Å². The van der Waals surface area contributed by atoms with Gasteiger partial charge in [0.1, 0.15) is 11.5 Å². The first-order valence-electron chi connectivity index (χ1n) is 5.79. The number of fused-ring (bicyclic) bond motifs is 1. The molecule has 3 N–H and O–H groups in total. The second-order valence-electron chi connectivity index (χ2n) is 4.30. The van der Waals surface area contributed by atoms with E-state index in [1.54, 1.807) is 12.1 Å². The van der Waals surface area contributed by atoms with E-state index in [-0.39, 0.29) is 17.4 Å². The maximum Gasteiger partial charge on any atom is 0.256 e. The minimum absolute atomic E-state index is 0.0177. The Balaban J connectivity index is 2.11.